The van der Waals surface area contributed by atoms with E-state index in [0.717, 1.165) is 38.6 Å². The van der Waals surface area contributed by atoms with Gasteiger partial charge in [-0.3, -0.25) is 4.99 Å². The second-order valence-corrected chi connectivity index (χ2v) is 7.29. The molecule has 4 heteroatoms. The van der Waals surface area contributed by atoms with E-state index in [4.69, 9.17) is 4.99 Å². The van der Waals surface area contributed by atoms with E-state index in [9.17, 15) is 0 Å². The first-order valence-corrected chi connectivity index (χ1v) is 9.09. The van der Waals surface area contributed by atoms with Gasteiger partial charge in [-0.2, -0.15) is 0 Å². The first-order valence-electron chi connectivity index (χ1n) is 9.09. The van der Waals surface area contributed by atoms with Crippen molar-refractivity contribution in [3.05, 3.63) is 0 Å². The Morgan fingerprint density at radius 3 is 2.27 bits per heavy atom. The van der Waals surface area contributed by atoms with Crippen molar-refractivity contribution in [2.75, 3.05) is 32.7 Å². The first-order chi connectivity index (χ1) is 10.3. The summed E-state index contributed by atoms with van der Waals surface area (Å²) in [6.07, 6.45) is 3.53. The van der Waals surface area contributed by atoms with Crippen LogP contribution in [0.2, 0.25) is 0 Å². The number of hydrogen-bond donors (Lipinski definition) is 2. The van der Waals surface area contributed by atoms with Gasteiger partial charge < -0.3 is 15.5 Å². The summed E-state index contributed by atoms with van der Waals surface area (Å²) in [5.41, 5.74) is 0.343. The Bertz CT molecular complexity index is 290. The molecule has 1 atom stereocenters. The molecule has 0 saturated carbocycles. The summed E-state index contributed by atoms with van der Waals surface area (Å²) < 4.78 is 0. The van der Waals surface area contributed by atoms with Crippen molar-refractivity contribution < 1.29 is 0 Å². The molecular formula is C18H40N4. The van der Waals surface area contributed by atoms with E-state index >= 15 is 0 Å². The molecule has 4 nitrogen and oxygen atoms in total. The smallest absolute Gasteiger partial charge is 0.191 e. The van der Waals surface area contributed by atoms with E-state index in [1.165, 1.54) is 19.4 Å². The van der Waals surface area contributed by atoms with Gasteiger partial charge in [-0.15, -0.1) is 0 Å². The molecule has 0 aliphatic heterocycles. The summed E-state index contributed by atoms with van der Waals surface area (Å²) in [4.78, 5) is 7.18. The fourth-order valence-electron chi connectivity index (χ4n) is 2.29. The topological polar surface area (TPSA) is 39.7 Å². The molecule has 0 bridgehead atoms. The van der Waals surface area contributed by atoms with Crippen molar-refractivity contribution in [1.29, 1.82) is 0 Å². The SMILES string of the molecule is CCNC(=NCCC(C)(C)C)NC(C)CCCN(CC)CC. The number of guanidine groups is 1. The predicted octanol–water partition coefficient (Wildman–Crippen LogP) is 3.49. The monoisotopic (exact) mass is 312 g/mol. The van der Waals surface area contributed by atoms with Crippen molar-refractivity contribution in [2.24, 2.45) is 10.4 Å². The highest BCUT2D eigenvalue weighted by Crippen LogP contribution is 2.17. The lowest BCUT2D eigenvalue weighted by Crippen LogP contribution is -2.42. The Balaban J connectivity index is 4.17. The highest BCUT2D eigenvalue weighted by molar-refractivity contribution is 5.80. The molecular weight excluding hydrogens is 272 g/mol. The average Bonchev–Trinajstić information content (AvgIpc) is 2.42. The minimum absolute atomic E-state index is 0.343. The first kappa shape index (κ1) is 21.2. The van der Waals surface area contributed by atoms with Crippen molar-refractivity contribution in [2.45, 2.75) is 73.8 Å². The van der Waals surface area contributed by atoms with Gasteiger partial charge in [0.2, 0.25) is 0 Å². The van der Waals surface area contributed by atoms with Crippen LogP contribution >= 0.6 is 0 Å². The zero-order valence-corrected chi connectivity index (χ0v) is 16.1. The van der Waals surface area contributed by atoms with Crippen molar-refractivity contribution in [3.8, 4) is 0 Å². The maximum atomic E-state index is 4.70. The number of nitrogens with zero attached hydrogens (tertiary/aromatic N) is 2. The summed E-state index contributed by atoms with van der Waals surface area (Å²) in [5, 5.41) is 6.88. The summed E-state index contributed by atoms with van der Waals surface area (Å²) in [7, 11) is 0. The zero-order valence-electron chi connectivity index (χ0n) is 16.1. The van der Waals surface area contributed by atoms with Crippen LogP contribution in [0.5, 0.6) is 0 Å². The second-order valence-electron chi connectivity index (χ2n) is 7.29. The molecule has 22 heavy (non-hydrogen) atoms. The van der Waals surface area contributed by atoms with Crippen LogP contribution < -0.4 is 10.6 Å². The molecule has 0 heterocycles. The molecule has 0 aromatic carbocycles. The molecule has 0 saturated heterocycles. The van der Waals surface area contributed by atoms with Crippen molar-refractivity contribution in [3.63, 3.8) is 0 Å². The van der Waals surface area contributed by atoms with Gasteiger partial charge in [-0.1, -0.05) is 34.6 Å². The van der Waals surface area contributed by atoms with Crippen LogP contribution in [0.3, 0.4) is 0 Å². The fourth-order valence-corrected chi connectivity index (χ4v) is 2.29. The van der Waals surface area contributed by atoms with Crippen LogP contribution in [0.1, 0.15) is 67.7 Å². The predicted molar refractivity (Wildman–Crippen MR) is 99.7 cm³/mol. The number of aliphatic imine (C=N–C) groups is 1. The van der Waals surface area contributed by atoms with E-state index < -0.39 is 0 Å². The lowest BCUT2D eigenvalue weighted by Gasteiger charge is -2.21. The van der Waals surface area contributed by atoms with Crippen molar-refractivity contribution >= 4 is 5.96 Å². The molecule has 0 aromatic heterocycles. The molecule has 0 amide bonds. The van der Waals surface area contributed by atoms with Gasteiger partial charge in [-0.05, 0) is 58.2 Å². The molecule has 1 unspecified atom stereocenters. The minimum atomic E-state index is 0.343. The van der Waals surface area contributed by atoms with Crippen LogP contribution in [0.15, 0.2) is 4.99 Å². The van der Waals surface area contributed by atoms with E-state index in [1.807, 2.05) is 0 Å². The van der Waals surface area contributed by atoms with Gasteiger partial charge in [0.05, 0.1) is 0 Å². The largest absolute Gasteiger partial charge is 0.357 e. The Morgan fingerprint density at radius 1 is 1.14 bits per heavy atom. The maximum Gasteiger partial charge on any atom is 0.191 e. The number of hydrogen-bond acceptors (Lipinski definition) is 2. The van der Waals surface area contributed by atoms with Crippen LogP contribution in [-0.4, -0.2) is 49.6 Å². The quantitative estimate of drug-likeness (QED) is 0.479. The minimum Gasteiger partial charge on any atom is -0.357 e. The van der Waals surface area contributed by atoms with Crippen molar-refractivity contribution in [1.82, 2.24) is 15.5 Å². The summed E-state index contributed by atoms with van der Waals surface area (Å²) in [6.45, 7) is 20.9. The third kappa shape index (κ3) is 11.8. The third-order valence-electron chi connectivity index (χ3n) is 3.86. The number of rotatable bonds is 10. The van der Waals surface area contributed by atoms with Gasteiger partial charge in [-0.25, -0.2) is 0 Å². The lowest BCUT2D eigenvalue weighted by molar-refractivity contribution is 0.292. The summed E-state index contributed by atoms with van der Waals surface area (Å²) >= 11 is 0. The Kier molecular flexibility index (Phi) is 11.3. The highest BCUT2D eigenvalue weighted by Gasteiger charge is 2.10. The van der Waals surface area contributed by atoms with E-state index in [0.29, 0.717) is 11.5 Å². The standard InChI is InChI=1S/C18H40N4/c1-8-19-17(20-14-13-18(5,6)7)21-16(4)12-11-15-22(9-2)10-3/h16H,8-15H2,1-7H3,(H2,19,20,21). The Labute approximate surface area is 139 Å². The summed E-state index contributed by atoms with van der Waals surface area (Å²) in [5.74, 6) is 0.960. The van der Waals surface area contributed by atoms with Gasteiger partial charge in [0, 0.05) is 19.1 Å². The zero-order chi connectivity index (χ0) is 17.0. The molecule has 2 N–H and O–H groups in total. The average molecular weight is 313 g/mol. The summed E-state index contributed by atoms with van der Waals surface area (Å²) in [6, 6.07) is 0.461. The molecule has 0 aliphatic rings. The van der Waals surface area contributed by atoms with Gasteiger partial charge in [0.25, 0.3) is 0 Å². The van der Waals surface area contributed by atoms with E-state index in [2.05, 4.69) is 64.0 Å². The number of nitrogens with one attached hydrogen (secondary N) is 2. The van der Waals surface area contributed by atoms with E-state index in [-0.39, 0.29) is 0 Å². The third-order valence-corrected chi connectivity index (χ3v) is 3.86. The highest BCUT2D eigenvalue weighted by atomic mass is 15.2. The normalized spacial score (nSPS) is 14.3. The van der Waals surface area contributed by atoms with Crippen LogP contribution in [0.4, 0.5) is 0 Å². The Hall–Kier alpha value is -0.770. The van der Waals surface area contributed by atoms with Gasteiger partial charge in [0.1, 0.15) is 0 Å². The molecule has 0 spiro atoms. The van der Waals surface area contributed by atoms with Gasteiger partial charge >= 0.3 is 0 Å². The van der Waals surface area contributed by atoms with Crippen LogP contribution in [-0.2, 0) is 0 Å². The lowest BCUT2D eigenvalue weighted by atomic mass is 9.92. The Morgan fingerprint density at radius 2 is 1.77 bits per heavy atom. The molecule has 0 rings (SSSR count). The van der Waals surface area contributed by atoms with E-state index in [1.54, 1.807) is 0 Å². The fraction of sp³-hybridized carbons (Fsp3) is 0.944. The molecule has 0 aromatic rings. The van der Waals surface area contributed by atoms with Crippen LogP contribution in [0.25, 0.3) is 0 Å². The maximum absolute atomic E-state index is 4.70. The van der Waals surface area contributed by atoms with Gasteiger partial charge in [0.15, 0.2) is 5.96 Å². The second kappa shape index (κ2) is 11.8. The van der Waals surface area contributed by atoms with Crippen LogP contribution in [0, 0.1) is 5.41 Å². The molecule has 0 radical (unpaired) electrons. The molecule has 0 aliphatic carbocycles. The molecule has 0 fully saturated rings. The molecule has 132 valence electrons.